The minimum absolute atomic E-state index is 0.390. The van der Waals surface area contributed by atoms with Crippen molar-refractivity contribution in [1.82, 2.24) is 10.3 Å². The molecule has 2 heterocycles. The van der Waals surface area contributed by atoms with Crippen molar-refractivity contribution < 1.29 is 23.8 Å². The van der Waals surface area contributed by atoms with Gasteiger partial charge in [-0.15, -0.1) is 0 Å². The highest BCUT2D eigenvalue weighted by molar-refractivity contribution is 5.99. The third-order valence-electron chi connectivity index (χ3n) is 5.01. The van der Waals surface area contributed by atoms with Crippen molar-refractivity contribution in [3.8, 4) is 5.88 Å². The van der Waals surface area contributed by atoms with Gasteiger partial charge in [0, 0.05) is 18.1 Å². The number of nitrogens with one attached hydrogen (secondary N) is 2. The minimum atomic E-state index is -1.17. The lowest BCUT2D eigenvalue weighted by Crippen LogP contribution is -2.53. The molecule has 1 unspecified atom stereocenters. The summed E-state index contributed by atoms with van der Waals surface area (Å²) in [5.41, 5.74) is -0.211. The number of hydrogen-bond acceptors (Lipinski definition) is 6. The Morgan fingerprint density at radius 1 is 1.19 bits per heavy atom. The number of carbonyl (C=O) groups excluding carboxylic acids is 2. The molecule has 1 aromatic heterocycles. The number of alkyl carbamates (subject to hydrolysis) is 1. The molecule has 0 spiro atoms. The molecular formula is C24H33N3O5. The zero-order valence-electron chi connectivity index (χ0n) is 19.7. The first-order valence-electron chi connectivity index (χ1n) is 10.9. The fourth-order valence-corrected chi connectivity index (χ4v) is 3.40. The highest BCUT2D eigenvalue weighted by Gasteiger charge is 2.32. The van der Waals surface area contributed by atoms with Crippen LogP contribution < -0.4 is 15.4 Å². The number of aromatic nitrogens is 1. The molecule has 8 heteroatoms. The molecule has 1 atom stereocenters. The third kappa shape index (κ3) is 6.24. The molecule has 2 aliphatic rings. The summed E-state index contributed by atoms with van der Waals surface area (Å²) in [6.45, 7) is 11.4. The highest BCUT2D eigenvalue weighted by Crippen LogP contribution is 2.35. The molecule has 0 bridgehead atoms. The average molecular weight is 444 g/mol. The molecule has 32 heavy (non-hydrogen) atoms. The van der Waals surface area contributed by atoms with E-state index in [2.05, 4.69) is 28.6 Å². The van der Waals surface area contributed by atoms with E-state index in [1.807, 2.05) is 0 Å². The summed E-state index contributed by atoms with van der Waals surface area (Å²) in [6, 6.07) is 3.43. The molecule has 0 radical (unpaired) electrons. The van der Waals surface area contributed by atoms with Gasteiger partial charge in [-0.3, -0.25) is 4.79 Å². The summed E-state index contributed by atoms with van der Waals surface area (Å²) in [6.07, 6.45) is 5.59. The van der Waals surface area contributed by atoms with E-state index in [4.69, 9.17) is 14.2 Å². The summed E-state index contributed by atoms with van der Waals surface area (Å²) in [5.74, 6) is 2.33. The van der Waals surface area contributed by atoms with Crippen LogP contribution in [0.3, 0.4) is 0 Å². The Hall–Kier alpha value is -3.03. The lowest BCUT2D eigenvalue weighted by molar-refractivity contribution is -0.121. The van der Waals surface area contributed by atoms with Gasteiger partial charge in [0.1, 0.15) is 22.7 Å². The second kappa shape index (κ2) is 9.22. The van der Waals surface area contributed by atoms with Gasteiger partial charge in [-0.1, -0.05) is 6.92 Å². The molecule has 3 rings (SSSR count). The van der Waals surface area contributed by atoms with Gasteiger partial charge >= 0.3 is 6.09 Å². The monoisotopic (exact) mass is 443 g/mol. The molecule has 1 aliphatic carbocycles. The number of pyridine rings is 1. The number of carbonyl (C=O) groups is 2. The number of hydrogen-bond donors (Lipinski definition) is 2. The van der Waals surface area contributed by atoms with Gasteiger partial charge in [-0.25, -0.2) is 9.78 Å². The number of allylic oxidation sites excluding steroid dienone is 3. The quantitative estimate of drug-likeness (QED) is 0.685. The number of fused-ring (bicyclic) bond motifs is 1. The van der Waals surface area contributed by atoms with E-state index in [1.54, 1.807) is 46.8 Å². The predicted molar refractivity (Wildman–Crippen MR) is 121 cm³/mol. The Labute approximate surface area is 189 Å². The zero-order valence-corrected chi connectivity index (χ0v) is 19.7. The van der Waals surface area contributed by atoms with Crippen LogP contribution in [0, 0.1) is 5.92 Å². The highest BCUT2D eigenvalue weighted by atomic mass is 16.6. The summed E-state index contributed by atoms with van der Waals surface area (Å²) < 4.78 is 17.1. The number of nitrogens with zero attached hydrogens (tertiary/aromatic N) is 1. The van der Waals surface area contributed by atoms with Crippen molar-refractivity contribution in [3.63, 3.8) is 0 Å². The Bertz CT molecular complexity index is 926. The summed E-state index contributed by atoms with van der Waals surface area (Å²) in [5, 5.41) is 5.35. The molecule has 1 aromatic rings. The van der Waals surface area contributed by atoms with Crippen LogP contribution >= 0.6 is 0 Å². The van der Waals surface area contributed by atoms with E-state index in [0.717, 1.165) is 43.0 Å². The molecule has 2 N–H and O–H groups in total. The van der Waals surface area contributed by atoms with E-state index < -0.39 is 17.2 Å². The first kappa shape index (κ1) is 23.6. The van der Waals surface area contributed by atoms with Crippen molar-refractivity contribution in [2.24, 2.45) is 5.92 Å². The summed E-state index contributed by atoms with van der Waals surface area (Å²) in [7, 11) is 0. The van der Waals surface area contributed by atoms with Crippen LogP contribution in [-0.4, -0.2) is 34.7 Å². The summed E-state index contributed by atoms with van der Waals surface area (Å²) in [4.78, 5) is 29.0. The second-order valence-corrected chi connectivity index (χ2v) is 9.82. The molecule has 8 nitrogen and oxygen atoms in total. The van der Waals surface area contributed by atoms with Crippen molar-refractivity contribution in [1.29, 1.82) is 0 Å². The minimum Gasteiger partial charge on any atom is -0.493 e. The Kier molecular flexibility index (Phi) is 6.81. The summed E-state index contributed by atoms with van der Waals surface area (Å²) >= 11 is 0. The fourth-order valence-electron chi connectivity index (χ4n) is 3.40. The van der Waals surface area contributed by atoms with Crippen LogP contribution in [0.25, 0.3) is 0 Å². The molecule has 1 fully saturated rings. The van der Waals surface area contributed by atoms with Crippen molar-refractivity contribution in [3.05, 3.63) is 41.5 Å². The van der Waals surface area contributed by atoms with Gasteiger partial charge in [0.15, 0.2) is 0 Å². The zero-order chi connectivity index (χ0) is 23.5. The largest absolute Gasteiger partial charge is 0.493 e. The van der Waals surface area contributed by atoms with Crippen molar-refractivity contribution in [2.45, 2.75) is 71.9 Å². The molecule has 2 amide bonds. The first-order chi connectivity index (χ1) is 14.9. The van der Waals surface area contributed by atoms with Gasteiger partial charge in [0.05, 0.1) is 18.5 Å². The van der Waals surface area contributed by atoms with Gasteiger partial charge in [-0.2, -0.15) is 0 Å². The van der Waals surface area contributed by atoms with Gasteiger partial charge in [0.25, 0.3) is 0 Å². The van der Waals surface area contributed by atoms with Crippen LogP contribution in [0.4, 0.5) is 10.5 Å². The van der Waals surface area contributed by atoms with Gasteiger partial charge in [0.2, 0.25) is 11.8 Å². The Balaban J connectivity index is 1.61. The fraction of sp³-hybridized carbons (Fsp3) is 0.542. The molecular weight excluding hydrogens is 410 g/mol. The predicted octanol–water partition coefficient (Wildman–Crippen LogP) is 4.69. The van der Waals surface area contributed by atoms with Crippen LogP contribution in [0.15, 0.2) is 41.5 Å². The van der Waals surface area contributed by atoms with E-state index in [0.29, 0.717) is 17.5 Å². The second-order valence-electron chi connectivity index (χ2n) is 9.82. The van der Waals surface area contributed by atoms with Crippen LogP contribution in [0.2, 0.25) is 0 Å². The van der Waals surface area contributed by atoms with Crippen LogP contribution in [0.5, 0.6) is 5.88 Å². The first-order valence-corrected chi connectivity index (χ1v) is 10.9. The van der Waals surface area contributed by atoms with Crippen LogP contribution in [0.1, 0.15) is 60.8 Å². The molecule has 0 aromatic carbocycles. The van der Waals surface area contributed by atoms with E-state index in [-0.39, 0.29) is 5.91 Å². The van der Waals surface area contributed by atoms with Gasteiger partial charge < -0.3 is 24.8 Å². The van der Waals surface area contributed by atoms with Gasteiger partial charge in [-0.05, 0) is 65.5 Å². The Morgan fingerprint density at radius 3 is 2.59 bits per heavy atom. The van der Waals surface area contributed by atoms with E-state index in [1.165, 1.54) is 6.20 Å². The lowest BCUT2D eigenvalue weighted by atomic mass is 9.92. The number of anilines is 1. The van der Waals surface area contributed by atoms with Crippen LogP contribution in [-0.2, 0) is 14.3 Å². The third-order valence-corrected chi connectivity index (χ3v) is 5.01. The Morgan fingerprint density at radius 2 is 1.94 bits per heavy atom. The van der Waals surface area contributed by atoms with Crippen molar-refractivity contribution >= 4 is 17.7 Å². The molecule has 1 saturated heterocycles. The van der Waals surface area contributed by atoms with E-state index >= 15 is 0 Å². The SMILES string of the molecule is CC1COC2=CCCC(Oc3ccc(NC(=O)C(C)(C)NC(=O)OC(C)(C)C)cn3)=C2C1. The molecule has 174 valence electrons. The maximum atomic E-state index is 12.7. The standard InChI is InChI=1S/C24H33N3O5/c1-15-12-17-18(30-14-15)8-7-9-19(17)31-20-11-10-16(13-25-20)26-21(28)24(5,6)27-22(29)32-23(2,3)4/h8,10-11,13,15H,7,9,12,14H2,1-6H3,(H,26,28)(H,27,29). The number of ether oxygens (including phenoxy) is 3. The number of amides is 2. The molecule has 1 aliphatic heterocycles. The van der Waals surface area contributed by atoms with E-state index in [9.17, 15) is 9.59 Å². The van der Waals surface area contributed by atoms with Crippen molar-refractivity contribution in [2.75, 3.05) is 11.9 Å². The smallest absolute Gasteiger partial charge is 0.408 e. The lowest BCUT2D eigenvalue weighted by Gasteiger charge is -2.29. The maximum Gasteiger partial charge on any atom is 0.408 e. The topological polar surface area (TPSA) is 98.8 Å². The average Bonchev–Trinajstić information content (AvgIpc) is 2.68. The number of rotatable bonds is 5. The maximum absolute atomic E-state index is 12.7. The molecule has 0 saturated carbocycles. The normalized spacial score (nSPS) is 18.7.